The summed E-state index contributed by atoms with van der Waals surface area (Å²) < 4.78 is 17.3. The van der Waals surface area contributed by atoms with Crippen LogP contribution < -0.4 is 15.4 Å². The van der Waals surface area contributed by atoms with Crippen molar-refractivity contribution in [3.8, 4) is 5.75 Å². The number of rotatable bonds is 5. The van der Waals surface area contributed by atoms with Gasteiger partial charge in [0.2, 0.25) is 5.91 Å². The molecule has 1 atom stereocenters. The van der Waals surface area contributed by atoms with E-state index in [0.29, 0.717) is 24.5 Å². The van der Waals surface area contributed by atoms with Crippen molar-refractivity contribution in [2.75, 3.05) is 26.4 Å². The summed E-state index contributed by atoms with van der Waals surface area (Å²) >= 11 is 0. The number of benzene rings is 1. The molecule has 7 heteroatoms. The lowest BCUT2D eigenvalue weighted by molar-refractivity contribution is -0.128. The van der Waals surface area contributed by atoms with E-state index in [-0.39, 0.29) is 30.6 Å². The molecule has 3 aliphatic rings. The average molecular weight is 388 g/mol. The number of amides is 2. The Balaban J connectivity index is 1.25. The van der Waals surface area contributed by atoms with Crippen molar-refractivity contribution in [1.82, 2.24) is 10.6 Å². The Labute approximate surface area is 165 Å². The largest absolute Gasteiger partial charge is 0.485 e. The summed E-state index contributed by atoms with van der Waals surface area (Å²) in [5.74, 6) is 0.466. The molecular weight excluding hydrogens is 360 g/mol. The van der Waals surface area contributed by atoms with Crippen molar-refractivity contribution in [3.63, 3.8) is 0 Å². The third-order valence-electron chi connectivity index (χ3n) is 5.85. The van der Waals surface area contributed by atoms with Crippen LogP contribution >= 0.6 is 0 Å². The van der Waals surface area contributed by atoms with E-state index in [0.717, 1.165) is 45.1 Å². The summed E-state index contributed by atoms with van der Waals surface area (Å²) in [6.45, 7) is 1.83. The van der Waals surface area contributed by atoms with Gasteiger partial charge in [0.05, 0.1) is 24.8 Å². The van der Waals surface area contributed by atoms with Gasteiger partial charge in [0.1, 0.15) is 18.0 Å². The molecule has 1 spiro atoms. The zero-order valence-electron chi connectivity index (χ0n) is 16.1. The van der Waals surface area contributed by atoms with Crippen molar-refractivity contribution in [2.24, 2.45) is 0 Å². The Bertz CT molecular complexity index is 709. The molecule has 0 unspecified atom stereocenters. The minimum absolute atomic E-state index is 0.0709. The van der Waals surface area contributed by atoms with Crippen LogP contribution in [0, 0.1) is 0 Å². The second-order valence-corrected chi connectivity index (χ2v) is 7.96. The highest BCUT2D eigenvalue weighted by molar-refractivity contribution is 5.97. The quantitative estimate of drug-likeness (QED) is 0.803. The normalized spacial score (nSPS) is 29.5. The molecule has 1 aromatic rings. The third-order valence-corrected chi connectivity index (χ3v) is 5.85. The van der Waals surface area contributed by atoms with Crippen LogP contribution in [0.5, 0.6) is 5.75 Å². The lowest BCUT2D eigenvalue weighted by atomic mass is 9.81. The van der Waals surface area contributed by atoms with Crippen LogP contribution in [-0.4, -0.2) is 55.9 Å². The fourth-order valence-corrected chi connectivity index (χ4v) is 4.24. The maximum absolute atomic E-state index is 12.3. The molecule has 28 heavy (non-hydrogen) atoms. The van der Waals surface area contributed by atoms with Gasteiger partial charge in [-0.05, 0) is 50.7 Å². The first kappa shape index (κ1) is 19.2. The highest BCUT2D eigenvalue weighted by Crippen LogP contribution is 2.36. The Kier molecular flexibility index (Phi) is 5.82. The van der Waals surface area contributed by atoms with Gasteiger partial charge in [0, 0.05) is 12.6 Å². The van der Waals surface area contributed by atoms with Gasteiger partial charge in [-0.3, -0.25) is 9.59 Å². The monoisotopic (exact) mass is 388 g/mol. The molecule has 7 nitrogen and oxygen atoms in total. The van der Waals surface area contributed by atoms with Gasteiger partial charge in [-0.2, -0.15) is 0 Å². The van der Waals surface area contributed by atoms with Gasteiger partial charge in [-0.1, -0.05) is 12.1 Å². The van der Waals surface area contributed by atoms with Crippen molar-refractivity contribution in [3.05, 3.63) is 29.8 Å². The second kappa shape index (κ2) is 8.49. The van der Waals surface area contributed by atoms with Crippen molar-refractivity contribution in [1.29, 1.82) is 0 Å². The maximum atomic E-state index is 12.3. The summed E-state index contributed by atoms with van der Waals surface area (Å²) in [4.78, 5) is 24.4. The molecule has 2 amide bonds. The van der Waals surface area contributed by atoms with E-state index in [1.54, 1.807) is 6.07 Å². The Morgan fingerprint density at radius 1 is 1.25 bits per heavy atom. The molecule has 4 rings (SSSR count). The van der Waals surface area contributed by atoms with E-state index in [4.69, 9.17) is 14.2 Å². The number of fused-ring (bicyclic) bond motifs is 1. The summed E-state index contributed by atoms with van der Waals surface area (Å²) in [6, 6.07) is 7.47. The van der Waals surface area contributed by atoms with Crippen LogP contribution in [-0.2, 0) is 14.3 Å². The minimum Gasteiger partial charge on any atom is -0.485 e. The van der Waals surface area contributed by atoms with E-state index in [2.05, 4.69) is 10.6 Å². The molecule has 2 fully saturated rings. The predicted octanol–water partition coefficient (Wildman–Crippen LogP) is 1.80. The highest BCUT2D eigenvalue weighted by Gasteiger charge is 2.40. The van der Waals surface area contributed by atoms with Crippen molar-refractivity contribution >= 4 is 11.8 Å². The summed E-state index contributed by atoms with van der Waals surface area (Å²) in [6.07, 6.45) is 5.40. The Hall–Kier alpha value is -2.12. The molecule has 0 bridgehead atoms. The molecule has 1 saturated heterocycles. The van der Waals surface area contributed by atoms with E-state index in [1.807, 2.05) is 18.2 Å². The fourth-order valence-electron chi connectivity index (χ4n) is 4.24. The molecule has 2 aliphatic heterocycles. The zero-order chi connectivity index (χ0) is 19.4. The standard InChI is InChI=1S/C21H28N2O5/c24-19(13-26-12-16-4-3-11-27-16)23-15-7-9-21(10-8-15)14-22-20(25)17-5-1-2-6-18(17)28-21/h1-2,5-6,15-16H,3-4,7-14H2,(H,22,25)(H,23,24)/t15?,16-,21?/m0/s1. The van der Waals surface area contributed by atoms with Crippen LogP contribution in [0.4, 0.5) is 0 Å². The van der Waals surface area contributed by atoms with Crippen molar-refractivity contribution in [2.45, 2.75) is 56.3 Å². The SMILES string of the molecule is O=C(COC[C@@H]1CCCO1)NC1CCC2(CC1)CNC(=O)c1ccccc1O2. The number of para-hydroxylation sites is 1. The topological polar surface area (TPSA) is 85.9 Å². The van der Waals surface area contributed by atoms with Crippen LogP contribution in [0.2, 0.25) is 0 Å². The predicted molar refractivity (Wildman–Crippen MR) is 102 cm³/mol. The maximum Gasteiger partial charge on any atom is 0.255 e. The number of carbonyl (C=O) groups excluding carboxylic acids is 2. The van der Waals surface area contributed by atoms with Crippen LogP contribution in [0.15, 0.2) is 24.3 Å². The first-order chi connectivity index (χ1) is 13.6. The number of nitrogens with one attached hydrogen (secondary N) is 2. The Morgan fingerprint density at radius 3 is 2.86 bits per heavy atom. The number of hydrogen-bond acceptors (Lipinski definition) is 5. The Morgan fingerprint density at radius 2 is 2.07 bits per heavy atom. The first-order valence-electron chi connectivity index (χ1n) is 10.2. The van der Waals surface area contributed by atoms with Gasteiger partial charge >= 0.3 is 0 Å². The van der Waals surface area contributed by atoms with Crippen molar-refractivity contribution < 1.29 is 23.8 Å². The lowest BCUT2D eigenvalue weighted by Crippen LogP contribution is -2.51. The van der Waals surface area contributed by atoms with Crippen LogP contribution in [0.3, 0.4) is 0 Å². The summed E-state index contributed by atoms with van der Waals surface area (Å²) in [7, 11) is 0. The molecule has 1 aliphatic carbocycles. The van der Waals surface area contributed by atoms with E-state index >= 15 is 0 Å². The molecule has 152 valence electrons. The second-order valence-electron chi connectivity index (χ2n) is 7.96. The van der Waals surface area contributed by atoms with Gasteiger partial charge in [0.25, 0.3) is 5.91 Å². The molecule has 1 aromatic carbocycles. The van der Waals surface area contributed by atoms with E-state index in [1.165, 1.54) is 0 Å². The van der Waals surface area contributed by atoms with Gasteiger partial charge < -0.3 is 24.8 Å². The molecule has 0 radical (unpaired) electrons. The third kappa shape index (κ3) is 4.47. The number of carbonyl (C=O) groups is 2. The molecule has 0 aromatic heterocycles. The smallest absolute Gasteiger partial charge is 0.255 e. The lowest BCUT2D eigenvalue weighted by Gasteiger charge is -2.39. The number of hydrogen-bond donors (Lipinski definition) is 2. The zero-order valence-corrected chi connectivity index (χ0v) is 16.1. The fraction of sp³-hybridized carbons (Fsp3) is 0.619. The van der Waals surface area contributed by atoms with Gasteiger partial charge in [-0.15, -0.1) is 0 Å². The highest BCUT2D eigenvalue weighted by atomic mass is 16.5. The minimum atomic E-state index is -0.403. The van der Waals surface area contributed by atoms with Crippen LogP contribution in [0.25, 0.3) is 0 Å². The van der Waals surface area contributed by atoms with E-state index in [9.17, 15) is 9.59 Å². The van der Waals surface area contributed by atoms with Gasteiger partial charge in [0.15, 0.2) is 0 Å². The van der Waals surface area contributed by atoms with E-state index < -0.39 is 5.60 Å². The average Bonchev–Trinajstić information content (AvgIpc) is 3.17. The molecular formula is C21H28N2O5. The first-order valence-corrected chi connectivity index (χ1v) is 10.2. The number of ether oxygens (including phenoxy) is 3. The molecule has 1 saturated carbocycles. The molecule has 2 N–H and O–H groups in total. The summed E-state index contributed by atoms with van der Waals surface area (Å²) in [5, 5.41) is 6.05. The summed E-state index contributed by atoms with van der Waals surface area (Å²) in [5.41, 5.74) is 0.179. The van der Waals surface area contributed by atoms with Crippen LogP contribution in [0.1, 0.15) is 48.9 Å². The van der Waals surface area contributed by atoms with Gasteiger partial charge in [-0.25, -0.2) is 0 Å². The molecule has 2 heterocycles.